The lowest BCUT2D eigenvalue weighted by molar-refractivity contribution is -0.144. The number of benzene rings is 1. The summed E-state index contributed by atoms with van der Waals surface area (Å²) in [5.41, 5.74) is 0.231. The number of cyclic esters (lactones) is 1. The van der Waals surface area contributed by atoms with Gasteiger partial charge in [0.2, 0.25) is 5.91 Å². The fraction of sp³-hybridized carbons (Fsp3) is 0.619. The molecule has 1 amide bonds. The van der Waals surface area contributed by atoms with E-state index in [4.69, 9.17) is 4.74 Å². The predicted molar refractivity (Wildman–Crippen MR) is 95.5 cm³/mol. The van der Waals surface area contributed by atoms with Gasteiger partial charge in [-0.15, -0.1) is 0 Å². The van der Waals surface area contributed by atoms with E-state index in [1.54, 1.807) is 6.07 Å². The lowest BCUT2D eigenvalue weighted by atomic mass is 9.61. The Morgan fingerprint density at radius 2 is 1.89 bits per heavy atom. The molecule has 3 fully saturated rings. The van der Waals surface area contributed by atoms with Crippen LogP contribution >= 0.6 is 0 Å². The van der Waals surface area contributed by atoms with Gasteiger partial charge < -0.3 is 9.64 Å². The molecule has 2 aliphatic heterocycles. The van der Waals surface area contributed by atoms with Crippen LogP contribution in [0.3, 0.4) is 0 Å². The summed E-state index contributed by atoms with van der Waals surface area (Å²) in [6, 6.07) is 4.58. The first-order valence-electron chi connectivity index (χ1n) is 9.79. The summed E-state index contributed by atoms with van der Waals surface area (Å²) < 4.78 is 44.5. The lowest BCUT2D eigenvalue weighted by Gasteiger charge is -2.45. The van der Waals surface area contributed by atoms with Crippen LogP contribution < -0.4 is 0 Å². The van der Waals surface area contributed by atoms with Crippen molar-refractivity contribution in [1.29, 1.82) is 0 Å². The Hall–Kier alpha value is -2.05. The molecule has 0 aromatic heterocycles. The van der Waals surface area contributed by atoms with Crippen molar-refractivity contribution >= 4 is 11.9 Å². The van der Waals surface area contributed by atoms with E-state index in [9.17, 15) is 22.8 Å². The number of ether oxygens (including phenoxy) is 1. The van der Waals surface area contributed by atoms with Gasteiger partial charge in [0, 0.05) is 24.4 Å². The third kappa shape index (κ3) is 3.51. The van der Waals surface area contributed by atoms with Crippen molar-refractivity contribution in [1.82, 2.24) is 4.90 Å². The van der Waals surface area contributed by atoms with Gasteiger partial charge in [-0.3, -0.25) is 9.59 Å². The number of carbonyl (C=O) groups is 2. The van der Waals surface area contributed by atoms with Gasteiger partial charge in [0.1, 0.15) is 0 Å². The molecule has 0 radical (unpaired) electrons. The second-order valence-corrected chi connectivity index (χ2v) is 8.61. The first-order valence-corrected chi connectivity index (χ1v) is 9.79. The van der Waals surface area contributed by atoms with Gasteiger partial charge in [-0.25, -0.2) is 0 Å². The van der Waals surface area contributed by atoms with Gasteiger partial charge in [0.25, 0.3) is 0 Å². The number of likely N-dealkylation sites (tertiary alicyclic amines) is 1. The molecular weight excluding hydrogens is 371 g/mol. The molecule has 7 heteroatoms. The molecule has 2 saturated heterocycles. The highest BCUT2D eigenvalue weighted by molar-refractivity contribution is 5.81. The molecule has 0 N–H and O–H groups in total. The maximum absolute atomic E-state index is 13.2. The van der Waals surface area contributed by atoms with Crippen LogP contribution in [0.25, 0.3) is 0 Å². The lowest BCUT2D eigenvalue weighted by Crippen LogP contribution is -2.49. The summed E-state index contributed by atoms with van der Waals surface area (Å²) in [5, 5.41) is 0. The molecule has 1 aromatic carbocycles. The topological polar surface area (TPSA) is 46.6 Å². The van der Waals surface area contributed by atoms with Crippen LogP contribution in [0.15, 0.2) is 18.2 Å². The number of esters is 1. The Morgan fingerprint density at radius 3 is 2.46 bits per heavy atom. The Balaban J connectivity index is 1.34. The van der Waals surface area contributed by atoms with E-state index in [0.29, 0.717) is 57.4 Å². The molecule has 0 unspecified atom stereocenters. The fourth-order valence-electron chi connectivity index (χ4n) is 4.95. The quantitative estimate of drug-likeness (QED) is 0.710. The van der Waals surface area contributed by atoms with E-state index in [1.807, 2.05) is 4.90 Å². The highest BCUT2D eigenvalue weighted by Gasteiger charge is 2.53. The smallest absolute Gasteiger partial charge is 0.416 e. The third-order valence-electron chi connectivity index (χ3n) is 6.61. The molecule has 4 rings (SSSR count). The summed E-state index contributed by atoms with van der Waals surface area (Å²) in [5.74, 6) is -0.0760. The molecule has 1 aliphatic carbocycles. The van der Waals surface area contributed by atoms with Crippen LogP contribution in [0.1, 0.15) is 54.7 Å². The number of rotatable bonds is 2. The van der Waals surface area contributed by atoms with Crippen LogP contribution in [-0.4, -0.2) is 36.5 Å². The van der Waals surface area contributed by atoms with Crippen molar-refractivity contribution in [2.45, 2.75) is 51.1 Å². The fourth-order valence-corrected chi connectivity index (χ4v) is 4.95. The zero-order valence-corrected chi connectivity index (χ0v) is 15.8. The Morgan fingerprint density at radius 1 is 1.21 bits per heavy atom. The normalized spacial score (nSPS) is 28.4. The standard InChI is InChI=1S/C21H24F3NO3/c1-13-2-3-15(8-17(13)21(22,23)24)14-4-6-25(7-5-14)19(27)16-9-20(10-16)11-18(26)28-12-20/h2-3,8,14,16H,4-7,9-12H2,1H3. The van der Waals surface area contributed by atoms with Crippen molar-refractivity contribution in [3.05, 3.63) is 34.9 Å². The van der Waals surface area contributed by atoms with Gasteiger partial charge in [0.05, 0.1) is 18.6 Å². The first kappa shape index (κ1) is 19.3. The van der Waals surface area contributed by atoms with Gasteiger partial charge in [0.15, 0.2) is 0 Å². The number of amides is 1. The molecule has 1 saturated carbocycles. The molecule has 0 atom stereocenters. The number of aryl methyl sites for hydroxylation is 1. The van der Waals surface area contributed by atoms with Gasteiger partial charge in [-0.2, -0.15) is 13.2 Å². The van der Waals surface area contributed by atoms with Crippen molar-refractivity contribution < 1.29 is 27.5 Å². The van der Waals surface area contributed by atoms with Crippen LogP contribution in [-0.2, 0) is 20.5 Å². The predicted octanol–water partition coefficient (Wildman–Crippen LogP) is 4.06. The van der Waals surface area contributed by atoms with Crippen molar-refractivity contribution in [2.75, 3.05) is 19.7 Å². The number of carbonyl (C=O) groups excluding carboxylic acids is 2. The largest absolute Gasteiger partial charge is 0.465 e. The van der Waals surface area contributed by atoms with E-state index in [-0.39, 0.29) is 34.7 Å². The molecule has 4 nitrogen and oxygen atoms in total. The highest BCUT2D eigenvalue weighted by Crippen LogP contribution is 2.52. The molecule has 3 aliphatic rings. The van der Waals surface area contributed by atoms with Crippen LogP contribution in [0.4, 0.5) is 13.2 Å². The van der Waals surface area contributed by atoms with Crippen molar-refractivity contribution in [3.8, 4) is 0 Å². The maximum Gasteiger partial charge on any atom is 0.416 e. The molecule has 152 valence electrons. The third-order valence-corrected chi connectivity index (χ3v) is 6.61. The van der Waals surface area contributed by atoms with E-state index >= 15 is 0 Å². The number of alkyl halides is 3. The number of hydrogen-bond donors (Lipinski definition) is 0. The summed E-state index contributed by atoms with van der Waals surface area (Å²) in [4.78, 5) is 25.9. The van der Waals surface area contributed by atoms with Crippen LogP contribution in [0.5, 0.6) is 0 Å². The second-order valence-electron chi connectivity index (χ2n) is 8.61. The van der Waals surface area contributed by atoms with E-state index in [0.717, 1.165) is 0 Å². The van der Waals surface area contributed by atoms with Crippen LogP contribution in [0.2, 0.25) is 0 Å². The zero-order valence-electron chi connectivity index (χ0n) is 15.8. The second kappa shape index (κ2) is 6.78. The first-order chi connectivity index (χ1) is 13.2. The molecule has 1 aromatic rings. The summed E-state index contributed by atoms with van der Waals surface area (Å²) >= 11 is 0. The van der Waals surface area contributed by atoms with E-state index in [2.05, 4.69) is 0 Å². The van der Waals surface area contributed by atoms with Gasteiger partial charge in [-0.05, 0) is 55.7 Å². The number of hydrogen-bond acceptors (Lipinski definition) is 3. The number of nitrogens with zero attached hydrogens (tertiary/aromatic N) is 1. The Bertz CT molecular complexity index is 791. The molecule has 1 spiro atoms. The average molecular weight is 395 g/mol. The maximum atomic E-state index is 13.2. The summed E-state index contributed by atoms with van der Waals surface area (Å²) in [6.07, 6.45) is -1.19. The van der Waals surface area contributed by atoms with E-state index in [1.165, 1.54) is 19.1 Å². The Labute approximate surface area is 162 Å². The van der Waals surface area contributed by atoms with Crippen molar-refractivity contribution in [2.24, 2.45) is 11.3 Å². The minimum Gasteiger partial charge on any atom is -0.465 e. The number of halogens is 3. The average Bonchev–Trinajstić information content (AvgIpc) is 3.02. The zero-order chi connectivity index (χ0) is 20.1. The monoisotopic (exact) mass is 395 g/mol. The SMILES string of the molecule is Cc1ccc(C2CCN(C(=O)C3CC4(COC(=O)C4)C3)CC2)cc1C(F)(F)F. The number of piperidine rings is 1. The Kier molecular flexibility index (Phi) is 4.67. The minimum absolute atomic E-state index is 0.0411. The van der Waals surface area contributed by atoms with Crippen LogP contribution in [0, 0.1) is 18.3 Å². The molecule has 28 heavy (non-hydrogen) atoms. The van der Waals surface area contributed by atoms with Gasteiger partial charge in [-0.1, -0.05) is 12.1 Å². The summed E-state index contributed by atoms with van der Waals surface area (Å²) in [7, 11) is 0. The van der Waals surface area contributed by atoms with Gasteiger partial charge >= 0.3 is 12.1 Å². The molecule has 2 heterocycles. The summed E-state index contributed by atoms with van der Waals surface area (Å²) in [6.45, 7) is 3.03. The molecular formula is C21H24F3NO3. The molecule has 0 bridgehead atoms. The van der Waals surface area contributed by atoms with E-state index < -0.39 is 11.7 Å². The minimum atomic E-state index is -4.34. The van der Waals surface area contributed by atoms with Crippen molar-refractivity contribution in [3.63, 3.8) is 0 Å². The highest BCUT2D eigenvalue weighted by atomic mass is 19.4.